The van der Waals surface area contributed by atoms with Crippen LogP contribution < -0.4 is 11.1 Å². The number of hydrogen-bond acceptors (Lipinski definition) is 5. The van der Waals surface area contributed by atoms with Crippen molar-refractivity contribution in [1.82, 2.24) is 10.2 Å². The van der Waals surface area contributed by atoms with E-state index in [1.165, 1.54) is 19.2 Å². The van der Waals surface area contributed by atoms with E-state index in [4.69, 9.17) is 10.5 Å². The van der Waals surface area contributed by atoms with Gasteiger partial charge in [-0.2, -0.15) is 0 Å². The molecule has 0 aromatic heterocycles. The Kier molecular flexibility index (Phi) is 7.38. The lowest BCUT2D eigenvalue weighted by atomic mass is 10.1. The minimum Gasteiger partial charge on any atom is -0.508 e. The molecular formula is C20H23N3O5. The number of hydrogen-bond donors (Lipinski definition) is 3. The predicted octanol–water partition coefficient (Wildman–Crippen LogP) is 1.17. The SMILES string of the molecule is CN(CC(=O)N[C@H](Cc1ccc(O)cc1)C(N)=O)C(=O)OCc1ccccc1. The Morgan fingerprint density at radius 2 is 1.71 bits per heavy atom. The Morgan fingerprint density at radius 1 is 1.07 bits per heavy atom. The smallest absolute Gasteiger partial charge is 0.410 e. The molecule has 4 N–H and O–H groups in total. The van der Waals surface area contributed by atoms with Crippen molar-refractivity contribution in [3.05, 3.63) is 65.7 Å². The predicted molar refractivity (Wildman–Crippen MR) is 102 cm³/mol. The second-order valence-corrected chi connectivity index (χ2v) is 6.29. The third kappa shape index (κ3) is 6.64. The standard InChI is InChI=1S/C20H23N3O5/c1-23(20(27)28-13-15-5-3-2-4-6-15)12-18(25)22-17(19(21)26)11-14-7-9-16(24)10-8-14/h2-10,17,24H,11-13H2,1H3,(H2,21,26)(H,22,25)/t17-/m1/s1. The topological polar surface area (TPSA) is 122 Å². The van der Waals surface area contributed by atoms with Gasteiger partial charge in [-0.25, -0.2) is 4.79 Å². The largest absolute Gasteiger partial charge is 0.508 e. The summed E-state index contributed by atoms with van der Waals surface area (Å²) in [5.74, 6) is -1.14. The van der Waals surface area contributed by atoms with Gasteiger partial charge in [0.25, 0.3) is 0 Å². The summed E-state index contributed by atoms with van der Waals surface area (Å²) in [4.78, 5) is 36.9. The molecule has 0 fully saturated rings. The van der Waals surface area contributed by atoms with Crippen LogP contribution in [0.2, 0.25) is 0 Å². The average molecular weight is 385 g/mol. The number of primary amides is 1. The number of carbonyl (C=O) groups excluding carboxylic acids is 3. The number of likely N-dealkylation sites (N-methyl/N-ethyl adjacent to an activating group) is 1. The fourth-order valence-electron chi connectivity index (χ4n) is 2.44. The molecule has 0 saturated heterocycles. The molecule has 3 amide bonds. The number of nitrogens with one attached hydrogen (secondary N) is 1. The van der Waals surface area contributed by atoms with E-state index in [-0.39, 0.29) is 25.3 Å². The van der Waals surface area contributed by atoms with Gasteiger partial charge >= 0.3 is 6.09 Å². The summed E-state index contributed by atoms with van der Waals surface area (Å²) in [5, 5.41) is 11.8. The number of phenols is 1. The molecule has 8 nitrogen and oxygen atoms in total. The number of carbonyl (C=O) groups is 3. The van der Waals surface area contributed by atoms with Gasteiger partial charge in [0.05, 0.1) is 0 Å². The molecule has 0 heterocycles. The van der Waals surface area contributed by atoms with Crippen LogP contribution in [0, 0.1) is 0 Å². The number of nitrogens with two attached hydrogens (primary N) is 1. The number of nitrogens with zero attached hydrogens (tertiary/aromatic N) is 1. The quantitative estimate of drug-likeness (QED) is 0.630. The van der Waals surface area contributed by atoms with Gasteiger partial charge in [-0.3, -0.25) is 9.59 Å². The molecule has 0 spiro atoms. The molecule has 1 atom stereocenters. The number of benzene rings is 2. The number of rotatable bonds is 8. The molecule has 0 aliphatic rings. The van der Waals surface area contributed by atoms with Crippen molar-refractivity contribution >= 4 is 17.9 Å². The fraction of sp³-hybridized carbons (Fsp3) is 0.250. The third-order valence-electron chi connectivity index (χ3n) is 3.95. The van der Waals surface area contributed by atoms with Gasteiger partial charge in [-0.15, -0.1) is 0 Å². The van der Waals surface area contributed by atoms with Crippen molar-refractivity contribution in [2.45, 2.75) is 19.1 Å². The molecule has 0 aliphatic heterocycles. The fourth-order valence-corrected chi connectivity index (χ4v) is 2.44. The zero-order valence-electron chi connectivity index (χ0n) is 15.5. The van der Waals surface area contributed by atoms with Crippen LogP contribution in [0.1, 0.15) is 11.1 Å². The minimum atomic E-state index is -0.939. The number of phenolic OH excluding ortho intramolecular Hbond substituents is 1. The van der Waals surface area contributed by atoms with Gasteiger partial charge in [0.15, 0.2) is 0 Å². The first-order chi connectivity index (χ1) is 13.3. The van der Waals surface area contributed by atoms with E-state index in [9.17, 15) is 19.5 Å². The van der Waals surface area contributed by atoms with Gasteiger partial charge in [0, 0.05) is 13.5 Å². The zero-order chi connectivity index (χ0) is 20.5. The maximum Gasteiger partial charge on any atom is 0.410 e. The highest BCUT2D eigenvalue weighted by molar-refractivity contribution is 5.88. The first kappa shape index (κ1) is 20.8. The van der Waals surface area contributed by atoms with E-state index in [1.807, 2.05) is 30.3 Å². The van der Waals surface area contributed by atoms with Crippen LogP contribution in [-0.2, 0) is 27.4 Å². The number of aromatic hydroxyl groups is 1. The van der Waals surface area contributed by atoms with Crippen molar-refractivity contribution in [2.24, 2.45) is 5.73 Å². The maximum absolute atomic E-state index is 12.2. The van der Waals surface area contributed by atoms with Crippen molar-refractivity contribution < 1.29 is 24.2 Å². The van der Waals surface area contributed by atoms with Crippen LogP contribution in [0.15, 0.2) is 54.6 Å². The molecule has 0 unspecified atom stereocenters. The Balaban J connectivity index is 1.84. The molecule has 0 bridgehead atoms. The summed E-state index contributed by atoms with van der Waals surface area (Å²) in [7, 11) is 1.42. The Hall–Kier alpha value is -3.55. The Morgan fingerprint density at radius 3 is 2.32 bits per heavy atom. The van der Waals surface area contributed by atoms with Crippen LogP contribution in [0.4, 0.5) is 4.79 Å². The lowest BCUT2D eigenvalue weighted by Gasteiger charge is -2.20. The molecule has 0 aliphatic carbocycles. The lowest BCUT2D eigenvalue weighted by molar-refractivity contribution is -0.127. The van der Waals surface area contributed by atoms with E-state index in [1.54, 1.807) is 12.1 Å². The van der Waals surface area contributed by atoms with Crippen LogP contribution in [0.25, 0.3) is 0 Å². The highest BCUT2D eigenvalue weighted by Crippen LogP contribution is 2.11. The van der Waals surface area contributed by atoms with Crippen molar-refractivity contribution in [3.63, 3.8) is 0 Å². The molecule has 0 saturated carbocycles. The van der Waals surface area contributed by atoms with Gasteiger partial charge in [0.1, 0.15) is 24.9 Å². The molecular weight excluding hydrogens is 362 g/mol. The van der Waals surface area contributed by atoms with Crippen LogP contribution in [0.5, 0.6) is 5.75 Å². The summed E-state index contributed by atoms with van der Waals surface area (Å²) in [6.07, 6.45) is -0.489. The van der Waals surface area contributed by atoms with Crippen LogP contribution >= 0.6 is 0 Å². The second-order valence-electron chi connectivity index (χ2n) is 6.29. The van der Waals surface area contributed by atoms with E-state index < -0.39 is 23.9 Å². The molecule has 2 rings (SSSR count). The third-order valence-corrected chi connectivity index (χ3v) is 3.95. The van der Waals surface area contributed by atoms with Crippen LogP contribution in [-0.4, -0.2) is 47.5 Å². The normalized spacial score (nSPS) is 11.3. The van der Waals surface area contributed by atoms with E-state index in [2.05, 4.69) is 5.32 Å². The molecule has 2 aromatic rings. The summed E-state index contributed by atoms with van der Waals surface area (Å²) in [5.41, 5.74) is 6.91. The Bertz CT molecular complexity index is 808. The molecule has 0 radical (unpaired) electrons. The van der Waals surface area contributed by atoms with Crippen LogP contribution in [0.3, 0.4) is 0 Å². The maximum atomic E-state index is 12.2. The first-order valence-electron chi connectivity index (χ1n) is 8.63. The first-order valence-corrected chi connectivity index (χ1v) is 8.63. The molecule has 148 valence electrons. The summed E-state index contributed by atoms with van der Waals surface area (Å²) >= 11 is 0. The highest BCUT2D eigenvalue weighted by atomic mass is 16.6. The van der Waals surface area contributed by atoms with E-state index in [0.717, 1.165) is 16.0 Å². The summed E-state index contributed by atoms with van der Waals surface area (Å²) in [6.45, 7) is -0.191. The lowest BCUT2D eigenvalue weighted by Crippen LogP contribution is -2.49. The number of amides is 3. The average Bonchev–Trinajstić information content (AvgIpc) is 2.67. The Labute approximate surface area is 162 Å². The van der Waals surface area contributed by atoms with Gasteiger partial charge < -0.3 is 25.8 Å². The monoisotopic (exact) mass is 385 g/mol. The van der Waals surface area contributed by atoms with Gasteiger partial charge in [0.2, 0.25) is 11.8 Å². The molecule has 28 heavy (non-hydrogen) atoms. The zero-order valence-corrected chi connectivity index (χ0v) is 15.5. The van der Waals surface area contributed by atoms with Gasteiger partial charge in [-0.05, 0) is 23.3 Å². The molecule has 8 heteroatoms. The summed E-state index contributed by atoms with van der Waals surface area (Å²) in [6, 6.07) is 14.4. The second kappa shape index (κ2) is 9.96. The van der Waals surface area contributed by atoms with E-state index >= 15 is 0 Å². The minimum absolute atomic E-state index is 0.0936. The van der Waals surface area contributed by atoms with Crippen molar-refractivity contribution in [2.75, 3.05) is 13.6 Å². The molecule has 2 aromatic carbocycles. The highest BCUT2D eigenvalue weighted by Gasteiger charge is 2.21. The van der Waals surface area contributed by atoms with E-state index in [0.29, 0.717) is 0 Å². The number of ether oxygens (including phenoxy) is 1. The van der Waals surface area contributed by atoms with Crippen molar-refractivity contribution in [1.29, 1.82) is 0 Å². The summed E-state index contributed by atoms with van der Waals surface area (Å²) < 4.78 is 5.14. The van der Waals surface area contributed by atoms with Crippen molar-refractivity contribution in [3.8, 4) is 5.75 Å². The van der Waals surface area contributed by atoms with Gasteiger partial charge in [-0.1, -0.05) is 42.5 Å².